The van der Waals surface area contributed by atoms with Crippen LogP contribution in [0.5, 0.6) is 0 Å². The van der Waals surface area contributed by atoms with Gasteiger partial charge in [0.25, 0.3) is 0 Å². The van der Waals surface area contributed by atoms with E-state index in [0.29, 0.717) is 5.16 Å². The monoisotopic (exact) mass is 366 g/mol. The molecule has 5 nitrogen and oxygen atoms in total. The Labute approximate surface area is 157 Å². The number of amides is 1. The largest absolute Gasteiger partial charge is 0.325 e. The number of carbonyl (C=O) groups is 1. The van der Waals surface area contributed by atoms with Crippen LogP contribution >= 0.6 is 11.8 Å². The number of thioether (sulfide) groups is 1. The third-order valence-electron chi connectivity index (χ3n) is 4.18. The molecule has 0 unspecified atom stereocenters. The van der Waals surface area contributed by atoms with Gasteiger partial charge in [-0.25, -0.2) is 0 Å². The Morgan fingerprint density at radius 2 is 1.85 bits per heavy atom. The molecule has 1 aromatic heterocycles. The summed E-state index contributed by atoms with van der Waals surface area (Å²) in [5.41, 5.74) is 5.38. The van der Waals surface area contributed by atoms with E-state index in [1.165, 1.54) is 22.9 Å². The Kier molecular flexibility index (Phi) is 5.42. The Hall–Kier alpha value is -2.60. The van der Waals surface area contributed by atoms with Crippen LogP contribution in [-0.2, 0) is 4.79 Å². The summed E-state index contributed by atoms with van der Waals surface area (Å²) in [6, 6.07) is 14.0. The van der Waals surface area contributed by atoms with Crippen LogP contribution in [0.2, 0.25) is 0 Å². The lowest BCUT2D eigenvalue weighted by atomic mass is 10.1. The normalized spacial score (nSPS) is 10.8. The zero-order chi connectivity index (χ0) is 18.7. The molecular weight excluding hydrogens is 344 g/mol. The molecule has 134 valence electrons. The maximum Gasteiger partial charge on any atom is 0.234 e. The first kappa shape index (κ1) is 18.2. The molecule has 0 atom stereocenters. The highest BCUT2D eigenvalue weighted by Gasteiger charge is 2.14. The molecule has 0 aliphatic rings. The Bertz CT molecular complexity index is 949. The number of benzene rings is 2. The Morgan fingerprint density at radius 3 is 2.58 bits per heavy atom. The average Bonchev–Trinajstić information content (AvgIpc) is 2.96. The minimum atomic E-state index is -0.0621. The zero-order valence-corrected chi connectivity index (χ0v) is 16.2. The zero-order valence-electron chi connectivity index (χ0n) is 15.4. The molecule has 3 aromatic rings. The molecule has 1 amide bonds. The summed E-state index contributed by atoms with van der Waals surface area (Å²) >= 11 is 1.38. The van der Waals surface area contributed by atoms with Crippen molar-refractivity contribution in [3.8, 4) is 5.69 Å². The van der Waals surface area contributed by atoms with E-state index in [1.54, 1.807) is 0 Å². The first-order valence-electron chi connectivity index (χ1n) is 8.43. The second kappa shape index (κ2) is 7.74. The van der Waals surface area contributed by atoms with E-state index >= 15 is 0 Å². The van der Waals surface area contributed by atoms with Gasteiger partial charge in [-0.1, -0.05) is 30.0 Å². The van der Waals surface area contributed by atoms with Crippen molar-refractivity contribution in [1.29, 1.82) is 0 Å². The minimum Gasteiger partial charge on any atom is -0.325 e. The van der Waals surface area contributed by atoms with Crippen LogP contribution in [0.25, 0.3) is 5.69 Å². The van der Waals surface area contributed by atoms with Gasteiger partial charge in [-0.15, -0.1) is 10.2 Å². The van der Waals surface area contributed by atoms with Crippen molar-refractivity contribution in [2.75, 3.05) is 11.1 Å². The van der Waals surface area contributed by atoms with Gasteiger partial charge in [0.1, 0.15) is 5.82 Å². The lowest BCUT2D eigenvalue weighted by molar-refractivity contribution is -0.113. The van der Waals surface area contributed by atoms with Gasteiger partial charge in [-0.05, 0) is 68.7 Å². The molecule has 2 aromatic carbocycles. The molecule has 0 radical (unpaired) electrons. The van der Waals surface area contributed by atoms with Gasteiger partial charge in [0.15, 0.2) is 5.16 Å². The van der Waals surface area contributed by atoms with Crippen molar-refractivity contribution in [3.63, 3.8) is 0 Å². The number of carbonyl (C=O) groups excluding carboxylic acids is 1. The van der Waals surface area contributed by atoms with Gasteiger partial charge < -0.3 is 5.32 Å². The van der Waals surface area contributed by atoms with Crippen molar-refractivity contribution in [3.05, 3.63) is 65.0 Å². The van der Waals surface area contributed by atoms with Gasteiger partial charge in [-0.3, -0.25) is 9.36 Å². The highest BCUT2D eigenvalue weighted by molar-refractivity contribution is 7.99. The van der Waals surface area contributed by atoms with Crippen molar-refractivity contribution < 1.29 is 4.79 Å². The minimum absolute atomic E-state index is 0.0621. The Morgan fingerprint density at radius 1 is 1.04 bits per heavy atom. The third kappa shape index (κ3) is 4.14. The Balaban J connectivity index is 1.73. The molecule has 0 spiro atoms. The molecule has 0 saturated heterocycles. The van der Waals surface area contributed by atoms with Crippen LogP contribution in [0.4, 0.5) is 5.69 Å². The number of anilines is 1. The van der Waals surface area contributed by atoms with Gasteiger partial charge in [0.05, 0.1) is 5.75 Å². The SMILES string of the molecule is Cc1cccc(NC(=O)CSc2nnc(C)n2-c2ccc(C)c(C)c2)c1. The van der Waals surface area contributed by atoms with Gasteiger partial charge in [0, 0.05) is 11.4 Å². The van der Waals surface area contributed by atoms with Crippen molar-refractivity contribution in [2.24, 2.45) is 0 Å². The van der Waals surface area contributed by atoms with Crippen LogP contribution in [0.15, 0.2) is 47.6 Å². The lowest BCUT2D eigenvalue weighted by Crippen LogP contribution is -2.14. The topological polar surface area (TPSA) is 59.8 Å². The van der Waals surface area contributed by atoms with Crippen LogP contribution in [0.1, 0.15) is 22.5 Å². The van der Waals surface area contributed by atoms with Crippen LogP contribution in [-0.4, -0.2) is 26.4 Å². The molecule has 3 rings (SSSR count). The van der Waals surface area contributed by atoms with Crippen molar-refractivity contribution in [1.82, 2.24) is 14.8 Å². The smallest absolute Gasteiger partial charge is 0.234 e. The molecule has 1 heterocycles. The average molecular weight is 366 g/mol. The number of rotatable bonds is 5. The van der Waals surface area contributed by atoms with Gasteiger partial charge in [-0.2, -0.15) is 0 Å². The highest BCUT2D eigenvalue weighted by Crippen LogP contribution is 2.23. The quantitative estimate of drug-likeness (QED) is 0.687. The molecule has 0 aliphatic heterocycles. The summed E-state index contributed by atoms with van der Waals surface area (Å²) in [5.74, 6) is 1.01. The summed E-state index contributed by atoms with van der Waals surface area (Å²) in [4.78, 5) is 12.3. The molecular formula is C20H22N4OS. The molecule has 1 N–H and O–H groups in total. The van der Waals surface area contributed by atoms with E-state index in [1.807, 2.05) is 42.7 Å². The maximum atomic E-state index is 12.3. The number of aryl methyl sites for hydroxylation is 4. The second-order valence-electron chi connectivity index (χ2n) is 6.34. The fourth-order valence-corrected chi connectivity index (χ4v) is 3.45. The predicted octanol–water partition coefficient (Wildman–Crippen LogP) is 4.23. The predicted molar refractivity (Wildman–Crippen MR) is 106 cm³/mol. The van der Waals surface area contributed by atoms with Crippen LogP contribution in [0.3, 0.4) is 0 Å². The maximum absolute atomic E-state index is 12.3. The summed E-state index contributed by atoms with van der Waals surface area (Å²) in [5, 5.41) is 12.0. The second-order valence-corrected chi connectivity index (χ2v) is 7.28. The number of hydrogen-bond acceptors (Lipinski definition) is 4. The van der Waals surface area contributed by atoms with Crippen molar-refractivity contribution in [2.45, 2.75) is 32.9 Å². The van der Waals surface area contributed by atoms with E-state index in [9.17, 15) is 4.79 Å². The first-order chi connectivity index (χ1) is 12.4. The fraction of sp³-hybridized carbons (Fsp3) is 0.250. The standard InChI is InChI=1S/C20H22N4OS/c1-13-6-5-7-17(10-13)21-19(25)12-26-20-23-22-16(4)24(20)18-9-8-14(2)15(3)11-18/h5-11H,12H2,1-4H3,(H,21,25). The van der Waals surface area contributed by atoms with E-state index in [2.05, 4.69) is 47.6 Å². The van der Waals surface area contributed by atoms with Crippen LogP contribution in [0, 0.1) is 27.7 Å². The first-order valence-corrected chi connectivity index (χ1v) is 9.41. The van der Waals surface area contributed by atoms with Crippen LogP contribution < -0.4 is 5.32 Å². The van der Waals surface area contributed by atoms with Gasteiger partial charge >= 0.3 is 0 Å². The summed E-state index contributed by atoms with van der Waals surface area (Å²) < 4.78 is 1.98. The summed E-state index contributed by atoms with van der Waals surface area (Å²) in [7, 11) is 0. The summed E-state index contributed by atoms with van der Waals surface area (Å²) in [6.45, 7) is 8.09. The molecule has 0 aliphatic carbocycles. The number of aromatic nitrogens is 3. The number of hydrogen-bond donors (Lipinski definition) is 1. The van der Waals surface area contributed by atoms with E-state index < -0.39 is 0 Å². The highest BCUT2D eigenvalue weighted by atomic mass is 32.2. The van der Waals surface area contributed by atoms with Gasteiger partial charge in [0.2, 0.25) is 5.91 Å². The lowest BCUT2D eigenvalue weighted by Gasteiger charge is -2.10. The molecule has 26 heavy (non-hydrogen) atoms. The van der Waals surface area contributed by atoms with Crippen molar-refractivity contribution >= 4 is 23.4 Å². The fourth-order valence-electron chi connectivity index (χ4n) is 2.65. The number of nitrogens with one attached hydrogen (secondary N) is 1. The molecule has 0 bridgehead atoms. The van der Waals surface area contributed by atoms with E-state index in [-0.39, 0.29) is 11.7 Å². The number of nitrogens with zero attached hydrogens (tertiary/aromatic N) is 3. The summed E-state index contributed by atoms with van der Waals surface area (Å²) in [6.07, 6.45) is 0. The molecule has 6 heteroatoms. The van der Waals surface area contributed by atoms with E-state index in [0.717, 1.165) is 22.8 Å². The van der Waals surface area contributed by atoms with E-state index in [4.69, 9.17) is 0 Å². The molecule has 0 fully saturated rings. The third-order valence-corrected chi connectivity index (χ3v) is 5.11. The molecule has 0 saturated carbocycles.